The fourth-order valence-corrected chi connectivity index (χ4v) is 1.93. The highest BCUT2D eigenvalue weighted by atomic mass is 16.4. The van der Waals surface area contributed by atoms with Gasteiger partial charge in [-0.15, -0.1) is 5.92 Å². The average molecular weight is 224 g/mol. The topological polar surface area (TPSA) is 37.3 Å². The highest BCUT2D eigenvalue weighted by molar-refractivity contribution is 5.70. The van der Waals surface area contributed by atoms with Gasteiger partial charge < -0.3 is 5.11 Å². The second-order valence-electron chi connectivity index (χ2n) is 4.54. The van der Waals surface area contributed by atoms with Gasteiger partial charge in [-0.2, -0.15) is 0 Å². The molecule has 0 aromatic carbocycles. The van der Waals surface area contributed by atoms with E-state index in [1.807, 2.05) is 13.8 Å². The van der Waals surface area contributed by atoms with E-state index in [9.17, 15) is 9.90 Å². The van der Waals surface area contributed by atoms with Gasteiger partial charge in [-0.3, -0.25) is 4.79 Å². The molecule has 0 spiro atoms. The van der Waals surface area contributed by atoms with Crippen molar-refractivity contribution < 1.29 is 9.90 Å². The maximum absolute atomic E-state index is 11.2. The zero-order valence-electron chi connectivity index (χ0n) is 10.9. The first-order valence-electron chi connectivity index (χ1n) is 6.24. The molecular weight excluding hydrogens is 200 g/mol. The number of carbonyl (C=O) groups is 1. The van der Waals surface area contributed by atoms with E-state index in [0.29, 0.717) is 5.92 Å². The molecule has 2 heteroatoms. The fraction of sp³-hybridized carbons (Fsp3) is 0.786. The van der Waals surface area contributed by atoms with Gasteiger partial charge in [-0.05, 0) is 12.3 Å². The first-order valence-corrected chi connectivity index (χ1v) is 6.24. The molecule has 0 aliphatic heterocycles. The lowest BCUT2D eigenvalue weighted by Crippen LogP contribution is -2.23. The molecule has 0 amide bonds. The van der Waals surface area contributed by atoms with E-state index >= 15 is 0 Å². The minimum atomic E-state index is -0.708. The predicted molar refractivity (Wildman–Crippen MR) is 67.0 cm³/mol. The molecule has 92 valence electrons. The summed E-state index contributed by atoms with van der Waals surface area (Å²) in [6.45, 7) is 8.15. The summed E-state index contributed by atoms with van der Waals surface area (Å²) >= 11 is 0. The number of carboxylic acids is 1. The minimum absolute atomic E-state index is 0.0447. The summed E-state index contributed by atoms with van der Waals surface area (Å²) in [7, 11) is 0. The molecule has 0 rings (SSSR count). The molecule has 16 heavy (non-hydrogen) atoms. The summed E-state index contributed by atoms with van der Waals surface area (Å²) < 4.78 is 0. The summed E-state index contributed by atoms with van der Waals surface area (Å²) in [6.07, 6.45) is 3.74. The molecule has 1 N–H and O–H groups in total. The third kappa shape index (κ3) is 5.80. The smallest absolute Gasteiger partial charge is 0.307 e. The summed E-state index contributed by atoms with van der Waals surface area (Å²) in [5.74, 6) is 5.40. The molecule has 0 saturated heterocycles. The molecule has 0 fully saturated rings. The van der Waals surface area contributed by atoms with Crippen molar-refractivity contribution in [2.45, 2.75) is 53.4 Å². The predicted octanol–water partition coefficient (Wildman–Crippen LogP) is 3.56. The molecule has 0 bridgehead atoms. The van der Waals surface area contributed by atoms with Crippen LogP contribution in [0, 0.1) is 29.6 Å². The van der Waals surface area contributed by atoms with Crippen molar-refractivity contribution in [3.05, 3.63) is 0 Å². The lowest BCUT2D eigenvalue weighted by atomic mass is 9.85. The van der Waals surface area contributed by atoms with Gasteiger partial charge in [0.05, 0.1) is 5.92 Å². The van der Waals surface area contributed by atoms with Crippen LogP contribution in [0.2, 0.25) is 0 Å². The zero-order valence-corrected chi connectivity index (χ0v) is 10.9. The summed E-state index contributed by atoms with van der Waals surface area (Å²) in [5.41, 5.74) is 0. The Morgan fingerprint density at radius 2 is 1.94 bits per heavy atom. The van der Waals surface area contributed by atoms with E-state index in [1.165, 1.54) is 0 Å². The van der Waals surface area contributed by atoms with Crippen molar-refractivity contribution in [2.75, 3.05) is 0 Å². The van der Waals surface area contributed by atoms with Crippen molar-refractivity contribution in [1.82, 2.24) is 0 Å². The third-order valence-electron chi connectivity index (χ3n) is 2.87. The van der Waals surface area contributed by atoms with Crippen LogP contribution in [-0.4, -0.2) is 11.1 Å². The van der Waals surface area contributed by atoms with Gasteiger partial charge in [-0.25, -0.2) is 0 Å². The van der Waals surface area contributed by atoms with Gasteiger partial charge in [0.15, 0.2) is 0 Å². The van der Waals surface area contributed by atoms with Crippen LogP contribution >= 0.6 is 0 Å². The Balaban J connectivity index is 4.43. The van der Waals surface area contributed by atoms with Crippen molar-refractivity contribution in [3.8, 4) is 11.8 Å². The molecule has 0 aromatic rings. The van der Waals surface area contributed by atoms with Crippen molar-refractivity contribution in [3.63, 3.8) is 0 Å². The Hall–Kier alpha value is -0.970. The normalized spacial score (nSPS) is 15.8. The molecule has 3 unspecified atom stereocenters. The van der Waals surface area contributed by atoms with Crippen molar-refractivity contribution >= 4 is 5.97 Å². The quantitative estimate of drug-likeness (QED) is 0.700. The summed E-state index contributed by atoms with van der Waals surface area (Å²) in [6, 6.07) is 0. The van der Waals surface area contributed by atoms with Crippen LogP contribution in [0.15, 0.2) is 0 Å². The molecule has 0 heterocycles. The van der Waals surface area contributed by atoms with Crippen LogP contribution in [0.3, 0.4) is 0 Å². The van der Waals surface area contributed by atoms with E-state index in [1.54, 1.807) is 0 Å². The monoisotopic (exact) mass is 224 g/mol. The molecule has 0 aromatic heterocycles. The van der Waals surface area contributed by atoms with E-state index < -0.39 is 5.97 Å². The largest absolute Gasteiger partial charge is 0.481 e. The van der Waals surface area contributed by atoms with Crippen LogP contribution in [0.4, 0.5) is 0 Å². The van der Waals surface area contributed by atoms with Gasteiger partial charge in [0.1, 0.15) is 0 Å². The SMILES string of the molecule is CCC#CC(C)C(CC(C)CCC)C(=O)O. The molecule has 0 aliphatic rings. The van der Waals surface area contributed by atoms with Crippen molar-refractivity contribution in [2.24, 2.45) is 17.8 Å². The van der Waals surface area contributed by atoms with Crippen molar-refractivity contribution in [1.29, 1.82) is 0 Å². The Bertz CT molecular complexity index is 260. The third-order valence-corrected chi connectivity index (χ3v) is 2.87. The highest BCUT2D eigenvalue weighted by Crippen LogP contribution is 2.23. The number of hydrogen-bond donors (Lipinski definition) is 1. The lowest BCUT2D eigenvalue weighted by molar-refractivity contribution is -0.143. The first kappa shape index (κ1) is 15.0. The van der Waals surface area contributed by atoms with Crippen LogP contribution in [0.5, 0.6) is 0 Å². The Labute approximate surface area is 99.4 Å². The number of rotatable bonds is 6. The highest BCUT2D eigenvalue weighted by Gasteiger charge is 2.25. The molecule has 0 radical (unpaired) electrons. The second-order valence-corrected chi connectivity index (χ2v) is 4.54. The average Bonchev–Trinajstić information content (AvgIpc) is 2.22. The molecule has 0 aliphatic carbocycles. The Morgan fingerprint density at radius 1 is 1.31 bits per heavy atom. The van der Waals surface area contributed by atoms with Gasteiger partial charge in [0.25, 0.3) is 0 Å². The Kier molecular flexibility index (Phi) is 7.72. The number of hydrogen-bond acceptors (Lipinski definition) is 1. The minimum Gasteiger partial charge on any atom is -0.481 e. The summed E-state index contributed by atoms with van der Waals surface area (Å²) in [5, 5.41) is 9.19. The number of aliphatic carboxylic acids is 1. The van der Waals surface area contributed by atoms with Crippen LogP contribution in [-0.2, 0) is 4.79 Å². The summed E-state index contributed by atoms with van der Waals surface area (Å²) in [4.78, 5) is 11.2. The molecule has 2 nitrogen and oxygen atoms in total. The van der Waals surface area contributed by atoms with Crippen LogP contribution in [0.1, 0.15) is 53.4 Å². The molecule has 0 saturated carbocycles. The lowest BCUT2D eigenvalue weighted by Gasteiger charge is -2.19. The van der Waals surface area contributed by atoms with Gasteiger partial charge in [0.2, 0.25) is 0 Å². The van der Waals surface area contributed by atoms with E-state index in [4.69, 9.17) is 0 Å². The van der Waals surface area contributed by atoms with Gasteiger partial charge >= 0.3 is 5.97 Å². The van der Waals surface area contributed by atoms with Gasteiger partial charge in [-0.1, -0.05) is 46.5 Å². The van der Waals surface area contributed by atoms with Crippen LogP contribution in [0.25, 0.3) is 0 Å². The van der Waals surface area contributed by atoms with Crippen LogP contribution < -0.4 is 0 Å². The Morgan fingerprint density at radius 3 is 2.38 bits per heavy atom. The number of carboxylic acid groups (broad SMARTS) is 1. The maximum Gasteiger partial charge on any atom is 0.307 e. The molecular formula is C14H24O2. The van der Waals surface area contributed by atoms with E-state index in [-0.39, 0.29) is 11.8 Å². The van der Waals surface area contributed by atoms with Gasteiger partial charge in [0, 0.05) is 12.3 Å². The fourth-order valence-electron chi connectivity index (χ4n) is 1.93. The molecule has 3 atom stereocenters. The zero-order chi connectivity index (χ0) is 12.6. The first-order chi connectivity index (χ1) is 7.52. The van der Waals surface area contributed by atoms with E-state index in [2.05, 4.69) is 25.7 Å². The maximum atomic E-state index is 11.2. The second kappa shape index (κ2) is 8.21. The van der Waals surface area contributed by atoms with E-state index in [0.717, 1.165) is 25.7 Å². The standard InChI is InChI=1S/C14H24O2/c1-5-7-9-12(4)13(14(15)16)10-11(3)8-6-2/h11-13H,5-6,8,10H2,1-4H3,(H,15,16).